The van der Waals surface area contributed by atoms with Gasteiger partial charge in [-0.2, -0.15) is 0 Å². The van der Waals surface area contributed by atoms with E-state index in [1.54, 1.807) is 12.5 Å². The third-order valence-electron chi connectivity index (χ3n) is 2.69. The Hall–Kier alpha value is -2.06. The van der Waals surface area contributed by atoms with Crippen LogP contribution in [0.25, 0.3) is 10.8 Å². The largest absolute Gasteiger partial charge is 0.471 e. The molecule has 0 saturated carbocycles. The molecule has 0 N–H and O–H groups in total. The zero-order valence-electron chi connectivity index (χ0n) is 9.51. The van der Waals surface area contributed by atoms with Gasteiger partial charge in [-0.1, -0.05) is 41.9 Å². The molecule has 0 unspecified atom stereocenters. The molecule has 3 rings (SSSR count). The summed E-state index contributed by atoms with van der Waals surface area (Å²) in [6, 6.07) is 13.6. The fraction of sp³-hybridized carbons (Fsp3) is 0. The number of aliphatic imine (C=N–C) groups is 1. The van der Waals surface area contributed by atoms with Crippen LogP contribution in [0, 0.1) is 0 Å². The molecule has 88 valence electrons. The van der Waals surface area contributed by atoms with Gasteiger partial charge in [0, 0.05) is 22.0 Å². The van der Waals surface area contributed by atoms with E-state index < -0.39 is 0 Å². The molecule has 0 aliphatic carbocycles. The van der Waals surface area contributed by atoms with E-state index >= 15 is 0 Å². The normalized spacial score (nSPS) is 11.4. The Morgan fingerprint density at radius 3 is 2.72 bits per heavy atom. The van der Waals surface area contributed by atoms with Crippen LogP contribution in [0.4, 0.5) is 5.69 Å². The summed E-state index contributed by atoms with van der Waals surface area (Å²) in [4.78, 5) is 4.47. The minimum atomic E-state index is 0.657. The molecule has 0 aliphatic rings. The van der Waals surface area contributed by atoms with Crippen LogP contribution in [-0.2, 0) is 0 Å². The Balaban J connectivity index is 2.04. The number of nitrogens with zero attached hydrogens (tertiary/aromatic N) is 1. The summed E-state index contributed by atoms with van der Waals surface area (Å²) in [6.45, 7) is 0. The maximum atomic E-state index is 6.05. The maximum Gasteiger partial charge on any atom is 0.100 e. The predicted octanol–water partition coefficient (Wildman–Crippen LogP) is 4.84. The molecule has 1 heterocycles. The average Bonchev–Trinajstić information content (AvgIpc) is 2.85. The van der Waals surface area contributed by atoms with Crippen molar-refractivity contribution in [2.24, 2.45) is 4.99 Å². The van der Waals surface area contributed by atoms with Gasteiger partial charge in [-0.05, 0) is 17.7 Å². The summed E-state index contributed by atoms with van der Waals surface area (Å²) in [6.07, 6.45) is 5.17. The van der Waals surface area contributed by atoms with Gasteiger partial charge in [-0.25, -0.2) is 0 Å². The lowest BCUT2D eigenvalue weighted by Gasteiger charge is -1.98. The van der Waals surface area contributed by atoms with Crippen LogP contribution in [-0.4, -0.2) is 6.21 Å². The molecule has 18 heavy (non-hydrogen) atoms. The lowest BCUT2D eigenvalue weighted by atomic mass is 10.2. The highest BCUT2D eigenvalue weighted by Crippen LogP contribution is 2.30. The van der Waals surface area contributed by atoms with Crippen molar-refractivity contribution in [1.29, 1.82) is 0 Å². The molecule has 0 spiro atoms. The van der Waals surface area contributed by atoms with Crippen molar-refractivity contribution in [2.75, 3.05) is 0 Å². The van der Waals surface area contributed by atoms with E-state index in [2.05, 4.69) is 4.99 Å². The molecule has 0 radical (unpaired) electrons. The second-order valence-corrected chi connectivity index (χ2v) is 4.40. The highest BCUT2D eigenvalue weighted by molar-refractivity contribution is 6.31. The Morgan fingerprint density at radius 2 is 1.89 bits per heavy atom. The number of halogens is 1. The SMILES string of the molecule is Clc1cc(N=Cc2ccccc2)c2cocc2c1. The van der Waals surface area contributed by atoms with E-state index in [1.807, 2.05) is 48.7 Å². The molecule has 0 saturated heterocycles. The maximum absolute atomic E-state index is 6.05. The van der Waals surface area contributed by atoms with Crippen molar-refractivity contribution < 1.29 is 4.42 Å². The Bertz CT molecular complexity index is 701. The summed E-state index contributed by atoms with van der Waals surface area (Å²) in [5.41, 5.74) is 1.87. The molecule has 0 amide bonds. The average molecular weight is 256 g/mol. The first-order valence-corrected chi connectivity index (χ1v) is 5.95. The van der Waals surface area contributed by atoms with Gasteiger partial charge in [0.25, 0.3) is 0 Å². The molecule has 0 bridgehead atoms. The fourth-order valence-electron chi connectivity index (χ4n) is 1.82. The summed E-state index contributed by atoms with van der Waals surface area (Å²) < 4.78 is 5.18. The van der Waals surface area contributed by atoms with Gasteiger partial charge in [0.05, 0.1) is 12.0 Å². The molecule has 0 atom stereocenters. The van der Waals surface area contributed by atoms with Crippen molar-refractivity contribution in [1.82, 2.24) is 0 Å². The number of rotatable bonds is 2. The highest BCUT2D eigenvalue weighted by Gasteiger charge is 2.03. The van der Waals surface area contributed by atoms with E-state index in [0.717, 1.165) is 22.0 Å². The fourth-order valence-corrected chi connectivity index (χ4v) is 2.04. The molecule has 3 heteroatoms. The summed E-state index contributed by atoms with van der Waals surface area (Å²) in [5, 5.41) is 2.58. The molecular weight excluding hydrogens is 246 g/mol. The Labute approximate surface area is 110 Å². The second kappa shape index (κ2) is 4.67. The van der Waals surface area contributed by atoms with Crippen molar-refractivity contribution >= 4 is 34.3 Å². The van der Waals surface area contributed by atoms with Crippen LogP contribution in [0.3, 0.4) is 0 Å². The second-order valence-electron chi connectivity index (χ2n) is 3.97. The number of hydrogen-bond donors (Lipinski definition) is 0. The van der Waals surface area contributed by atoms with Crippen molar-refractivity contribution in [3.8, 4) is 0 Å². The third-order valence-corrected chi connectivity index (χ3v) is 2.91. The number of benzene rings is 2. The molecular formula is C15H10ClNO. The summed E-state index contributed by atoms with van der Waals surface area (Å²) in [5.74, 6) is 0. The zero-order valence-corrected chi connectivity index (χ0v) is 10.3. The van der Waals surface area contributed by atoms with Gasteiger partial charge < -0.3 is 4.42 Å². The minimum Gasteiger partial charge on any atom is -0.471 e. The van der Waals surface area contributed by atoms with Gasteiger partial charge in [0.1, 0.15) is 6.26 Å². The smallest absolute Gasteiger partial charge is 0.100 e. The molecule has 0 fully saturated rings. The van der Waals surface area contributed by atoms with Crippen molar-refractivity contribution in [2.45, 2.75) is 0 Å². The highest BCUT2D eigenvalue weighted by atomic mass is 35.5. The molecule has 2 aromatic carbocycles. The van der Waals surface area contributed by atoms with Gasteiger partial charge in [0.2, 0.25) is 0 Å². The summed E-state index contributed by atoms with van der Waals surface area (Å²) in [7, 11) is 0. The van der Waals surface area contributed by atoms with Crippen LogP contribution in [0.2, 0.25) is 5.02 Å². The first kappa shape index (κ1) is 11.1. The predicted molar refractivity (Wildman–Crippen MR) is 74.9 cm³/mol. The molecule has 1 aromatic heterocycles. The van der Waals surface area contributed by atoms with Crippen LogP contribution >= 0.6 is 11.6 Å². The van der Waals surface area contributed by atoms with E-state index in [-0.39, 0.29) is 0 Å². The lowest BCUT2D eigenvalue weighted by Crippen LogP contribution is -1.78. The standard InChI is InChI=1S/C15H10ClNO/c16-13-6-12-9-18-10-14(12)15(7-13)17-8-11-4-2-1-3-5-11/h1-10H. The monoisotopic (exact) mass is 255 g/mol. The van der Waals surface area contributed by atoms with Gasteiger partial charge in [0.15, 0.2) is 0 Å². The van der Waals surface area contributed by atoms with Crippen LogP contribution in [0.15, 0.2) is 64.4 Å². The minimum absolute atomic E-state index is 0.657. The quantitative estimate of drug-likeness (QED) is 0.602. The first-order valence-electron chi connectivity index (χ1n) is 5.57. The van der Waals surface area contributed by atoms with Crippen LogP contribution in [0.1, 0.15) is 5.56 Å². The molecule has 3 aromatic rings. The number of furan rings is 1. The lowest BCUT2D eigenvalue weighted by molar-refractivity contribution is 0.572. The first-order chi connectivity index (χ1) is 8.83. The molecule has 0 aliphatic heterocycles. The zero-order chi connectivity index (χ0) is 12.4. The summed E-state index contributed by atoms with van der Waals surface area (Å²) >= 11 is 6.05. The van der Waals surface area contributed by atoms with Crippen LogP contribution in [0.5, 0.6) is 0 Å². The third kappa shape index (κ3) is 2.15. The Morgan fingerprint density at radius 1 is 1.06 bits per heavy atom. The number of fused-ring (bicyclic) bond motifs is 1. The van der Waals surface area contributed by atoms with Crippen LogP contribution < -0.4 is 0 Å². The van der Waals surface area contributed by atoms with Crippen molar-refractivity contribution in [3.63, 3.8) is 0 Å². The van der Waals surface area contributed by atoms with Gasteiger partial charge in [-0.3, -0.25) is 4.99 Å². The van der Waals surface area contributed by atoms with E-state index in [4.69, 9.17) is 16.0 Å². The van der Waals surface area contributed by atoms with E-state index in [0.29, 0.717) is 5.02 Å². The Kier molecular flexibility index (Phi) is 2.87. The molecule has 2 nitrogen and oxygen atoms in total. The number of hydrogen-bond acceptors (Lipinski definition) is 2. The van der Waals surface area contributed by atoms with Crippen molar-refractivity contribution in [3.05, 3.63) is 65.6 Å². The topological polar surface area (TPSA) is 25.5 Å². The van der Waals surface area contributed by atoms with Gasteiger partial charge in [-0.15, -0.1) is 0 Å². The van der Waals surface area contributed by atoms with Gasteiger partial charge >= 0.3 is 0 Å². The van der Waals surface area contributed by atoms with E-state index in [9.17, 15) is 0 Å². The van der Waals surface area contributed by atoms with E-state index in [1.165, 1.54) is 0 Å².